The summed E-state index contributed by atoms with van der Waals surface area (Å²) in [6, 6.07) is 2.61. The molecule has 0 aliphatic heterocycles. The smallest absolute Gasteiger partial charge is 0.313 e. The fraction of sp³-hybridized carbons (Fsp3) is 0.625. The van der Waals surface area contributed by atoms with Crippen molar-refractivity contribution in [3.8, 4) is 11.5 Å². The Morgan fingerprint density at radius 1 is 0.846 bits per heavy atom. The van der Waals surface area contributed by atoms with Crippen LogP contribution in [0.5, 0.6) is 11.5 Å². The van der Waals surface area contributed by atoms with Gasteiger partial charge in [0.25, 0.3) is 0 Å². The molecule has 0 fully saturated rings. The molecular weight excluding hydrogens is 348 g/mol. The molecule has 10 nitrogen and oxygen atoms in total. The van der Waals surface area contributed by atoms with Crippen LogP contribution >= 0.6 is 0 Å². The minimum atomic E-state index is -0.560. The van der Waals surface area contributed by atoms with Crippen LogP contribution in [0, 0.1) is 10.1 Å². The lowest BCUT2D eigenvalue weighted by atomic mass is 10.2. The number of benzene rings is 1. The first-order valence-electron chi connectivity index (χ1n) is 8.07. The van der Waals surface area contributed by atoms with E-state index in [-0.39, 0.29) is 36.9 Å². The first-order chi connectivity index (χ1) is 12.6. The maximum absolute atomic E-state index is 11.2. The summed E-state index contributed by atoms with van der Waals surface area (Å²) in [5.74, 6) is 0.357. The number of nitro groups is 1. The van der Waals surface area contributed by atoms with E-state index in [0.29, 0.717) is 38.8 Å². The number of nitrogens with zero attached hydrogens (tertiary/aromatic N) is 1. The third-order valence-corrected chi connectivity index (χ3v) is 3.12. The molecule has 1 aromatic rings. The zero-order valence-corrected chi connectivity index (χ0v) is 15.1. The van der Waals surface area contributed by atoms with Crippen LogP contribution < -0.4 is 15.2 Å². The Kier molecular flexibility index (Phi) is 11.0. The number of hydrogen-bond donors (Lipinski definition) is 1. The van der Waals surface area contributed by atoms with Gasteiger partial charge in [-0.05, 0) is 0 Å². The van der Waals surface area contributed by atoms with E-state index in [0.717, 1.165) is 0 Å². The Morgan fingerprint density at radius 3 is 1.85 bits per heavy atom. The SMILES string of the molecule is COCCOCCOc1cc(OCCOCCOC)c([N+](=O)[O-])cc1N. The van der Waals surface area contributed by atoms with Crippen molar-refractivity contribution >= 4 is 11.4 Å². The number of ether oxygens (including phenoxy) is 6. The maximum atomic E-state index is 11.2. The van der Waals surface area contributed by atoms with Crippen LogP contribution in [0.3, 0.4) is 0 Å². The molecule has 2 N–H and O–H groups in total. The fourth-order valence-electron chi connectivity index (χ4n) is 1.86. The molecule has 0 atom stereocenters. The van der Waals surface area contributed by atoms with Crippen LogP contribution in [0.15, 0.2) is 12.1 Å². The summed E-state index contributed by atoms with van der Waals surface area (Å²) in [6.07, 6.45) is 0. The molecule has 10 heteroatoms. The highest BCUT2D eigenvalue weighted by Crippen LogP contribution is 2.36. The lowest BCUT2D eigenvalue weighted by Crippen LogP contribution is -2.12. The first kappa shape index (κ1) is 21.9. The van der Waals surface area contributed by atoms with Gasteiger partial charge in [0.1, 0.15) is 19.0 Å². The van der Waals surface area contributed by atoms with Crippen LogP contribution in [0.4, 0.5) is 11.4 Å². The quantitative estimate of drug-likeness (QED) is 0.209. The highest BCUT2D eigenvalue weighted by molar-refractivity contribution is 5.64. The monoisotopic (exact) mass is 374 g/mol. The topological polar surface area (TPSA) is 125 Å². The van der Waals surface area contributed by atoms with E-state index >= 15 is 0 Å². The van der Waals surface area contributed by atoms with Crippen molar-refractivity contribution < 1.29 is 33.3 Å². The van der Waals surface area contributed by atoms with Gasteiger partial charge in [0.15, 0.2) is 0 Å². The van der Waals surface area contributed by atoms with Gasteiger partial charge in [0.2, 0.25) is 5.75 Å². The molecule has 0 saturated heterocycles. The Hall–Kier alpha value is -2.14. The van der Waals surface area contributed by atoms with Gasteiger partial charge in [-0.1, -0.05) is 0 Å². The van der Waals surface area contributed by atoms with E-state index < -0.39 is 4.92 Å². The van der Waals surface area contributed by atoms with Gasteiger partial charge in [0, 0.05) is 26.4 Å². The summed E-state index contributed by atoms with van der Waals surface area (Å²) in [4.78, 5) is 10.6. The third kappa shape index (κ3) is 8.30. The van der Waals surface area contributed by atoms with Gasteiger partial charge >= 0.3 is 5.69 Å². The summed E-state index contributed by atoms with van der Waals surface area (Å²) >= 11 is 0. The molecule has 0 spiro atoms. The van der Waals surface area contributed by atoms with Gasteiger partial charge in [-0.3, -0.25) is 10.1 Å². The standard InChI is InChI=1S/C16H26N2O8/c1-21-3-5-23-7-9-25-15-12-16(14(18(19)20)11-13(15)17)26-10-8-24-6-4-22-2/h11-12H,3-10,17H2,1-2H3. The minimum absolute atomic E-state index is 0.0647. The Labute approximate surface area is 152 Å². The summed E-state index contributed by atoms with van der Waals surface area (Å²) in [5, 5.41) is 11.2. The molecule has 1 rings (SSSR count). The molecule has 0 amide bonds. The predicted octanol–water partition coefficient (Wildman–Crippen LogP) is 1.26. The molecular formula is C16H26N2O8. The summed E-state index contributed by atoms with van der Waals surface area (Å²) in [7, 11) is 3.16. The van der Waals surface area contributed by atoms with E-state index in [1.807, 2.05) is 0 Å². The van der Waals surface area contributed by atoms with Crippen molar-refractivity contribution in [1.29, 1.82) is 0 Å². The van der Waals surface area contributed by atoms with E-state index in [1.165, 1.54) is 12.1 Å². The normalized spacial score (nSPS) is 10.7. The molecule has 0 aromatic heterocycles. The number of nitrogens with two attached hydrogens (primary N) is 1. The molecule has 1 aromatic carbocycles. The number of rotatable bonds is 15. The second-order valence-electron chi connectivity index (χ2n) is 5.02. The van der Waals surface area contributed by atoms with Crippen LogP contribution in [-0.4, -0.2) is 72.0 Å². The van der Waals surface area contributed by atoms with Crippen LogP contribution in [0.2, 0.25) is 0 Å². The largest absolute Gasteiger partial charge is 0.489 e. The van der Waals surface area contributed by atoms with E-state index in [2.05, 4.69) is 0 Å². The second-order valence-corrected chi connectivity index (χ2v) is 5.02. The zero-order valence-electron chi connectivity index (χ0n) is 15.1. The van der Waals surface area contributed by atoms with E-state index in [1.54, 1.807) is 14.2 Å². The third-order valence-electron chi connectivity index (χ3n) is 3.12. The van der Waals surface area contributed by atoms with Gasteiger partial charge in [0.05, 0.1) is 50.3 Å². The molecule has 0 saturated carbocycles. The number of anilines is 1. The summed E-state index contributed by atoms with van der Waals surface area (Å²) in [6.45, 7) is 2.82. The molecule has 26 heavy (non-hydrogen) atoms. The Bertz CT molecular complexity index is 541. The Morgan fingerprint density at radius 2 is 1.35 bits per heavy atom. The van der Waals surface area contributed by atoms with Crippen molar-refractivity contribution in [2.45, 2.75) is 0 Å². The van der Waals surface area contributed by atoms with Crippen molar-refractivity contribution in [1.82, 2.24) is 0 Å². The molecule has 0 bridgehead atoms. The molecule has 0 aliphatic carbocycles. The number of methoxy groups -OCH3 is 2. The van der Waals surface area contributed by atoms with Gasteiger partial charge in [-0.25, -0.2) is 0 Å². The van der Waals surface area contributed by atoms with E-state index in [4.69, 9.17) is 34.2 Å². The molecule has 0 unspecified atom stereocenters. The van der Waals surface area contributed by atoms with Crippen molar-refractivity contribution in [3.05, 3.63) is 22.2 Å². The maximum Gasteiger partial charge on any atom is 0.313 e. The lowest BCUT2D eigenvalue weighted by molar-refractivity contribution is -0.385. The molecule has 0 heterocycles. The molecule has 148 valence electrons. The van der Waals surface area contributed by atoms with Gasteiger partial charge in [-0.2, -0.15) is 0 Å². The first-order valence-corrected chi connectivity index (χ1v) is 8.07. The molecule has 0 radical (unpaired) electrons. The fourth-order valence-corrected chi connectivity index (χ4v) is 1.86. The van der Waals surface area contributed by atoms with Gasteiger partial charge in [-0.15, -0.1) is 0 Å². The summed E-state index contributed by atoms with van der Waals surface area (Å²) < 4.78 is 31.2. The Balaban J connectivity index is 2.58. The summed E-state index contributed by atoms with van der Waals surface area (Å²) in [5.41, 5.74) is 5.73. The van der Waals surface area contributed by atoms with Crippen LogP contribution in [0.25, 0.3) is 0 Å². The number of hydrogen-bond acceptors (Lipinski definition) is 9. The zero-order chi connectivity index (χ0) is 19.2. The molecule has 0 aliphatic rings. The minimum Gasteiger partial charge on any atom is -0.489 e. The average Bonchev–Trinajstić information content (AvgIpc) is 2.62. The lowest BCUT2D eigenvalue weighted by Gasteiger charge is -2.12. The predicted molar refractivity (Wildman–Crippen MR) is 93.9 cm³/mol. The van der Waals surface area contributed by atoms with Crippen molar-refractivity contribution in [3.63, 3.8) is 0 Å². The van der Waals surface area contributed by atoms with Crippen LogP contribution in [-0.2, 0) is 18.9 Å². The van der Waals surface area contributed by atoms with Crippen molar-refractivity contribution in [2.24, 2.45) is 0 Å². The number of nitro benzene ring substituents is 1. The number of nitrogen functional groups attached to an aromatic ring is 1. The van der Waals surface area contributed by atoms with Gasteiger partial charge < -0.3 is 34.2 Å². The highest BCUT2D eigenvalue weighted by Gasteiger charge is 2.19. The van der Waals surface area contributed by atoms with Crippen LogP contribution in [0.1, 0.15) is 0 Å². The second kappa shape index (κ2) is 13.1. The van der Waals surface area contributed by atoms with E-state index in [9.17, 15) is 10.1 Å². The highest BCUT2D eigenvalue weighted by atomic mass is 16.6. The average molecular weight is 374 g/mol. The van der Waals surface area contributed by atoms with Crippen molar-refractivity contribution in [2.75, 3.05) is 72.8 Å².